The van der Waals surface area contributed by atoms with Crippen LogP contribution in [0.2, 0.25) is 0 Å². The maximum Gasteiger partial charge on any atom is 0.340 e. The fourth-order valence-electron chi connectivity index (χ4n) is 5.40. The van der Waals surface area contributed by atoms with Crippen molar-refractivity contribution in [1.29, 1.82) is 0 Å². The Bertz CT molecular complexity index is 1990. The highest BCUT2D eigenvalue weighted by molar-refractivity contribution is 5.92. The van der Waals surface area contributed by atoms with Gasteiger partial charge in [-0.15, -0.1) is 0 Å². The van der Waals surface area contributed by atoms with E-state index in [-0.39, 0.29) is 27.8 Å². The van der Waals surface area contributed by atoms with Crippen LogP contribution in [0.1, 0.15) is 51.8 Å². The summed E-state index contributed by atoms with van der Waals surface area (Å²) in [4.78, 5) is 67.9. The van der Waals surface area contributed by atoms with Crippen molar-refractivity contribution in [3.05, 3.63) is 179 Å². The Hall–Kier alpha value is -6.59. The van der Waals surface area contributed by atoms with E-state index in [1.807, 2.05) is 0 Å². The number of benzene rings is 5. The minimum absolute atomic E-state index is 0.0865. The minimum atomic E-state index is -2.43. The van der Waals surface area contributed by atoms with Crippen molar-refractivity contribution >= 4 is 29.8 Å². The Morgan fingerprint density at radius 2 is 0.846 bits per heavy atom. The SMILES string of the molecule is O=C(OC[C@]1(OC(=O)c2ccccc2)OC[C@@H](OC(=O)c2ccccc2)[C@@H](OC(=O)c2ccccc2)[C@@H]1OC(=O)c1ccccc1)c1ccccc1. The van der Waals surface area contributed by atoms with Crippen LogP contribution < -0.4 is 0 Å². The summed E-state index contributed by atoms with van der Waals surface area (Å²) in [5.74, 6) is -6.79. The predicted molar refractivity (Wildman–Crippen MR) is 184 cm³/mol. The Kier molecular flexibility index (Phi) is 11.1. The Morgan fingerprint density at radius 1 is 0.481 bits per heavy atom. The molecule has 1 saturated heterocycles. The lowest BCUT2D eigenvalue weighted by Gasteiger charge is -2.46. The summed E-state index contributed by atoms with van der Waals surface area (Å²) in [6, 6.07) is 39.8. The second-order valence-electron chi connectivity index (χ2n) is 11.6. The molecule has 11 nitrogen and oxygen atoms in total. The minimum Gasteiger partial charge on any atom is -0.455 e. The number of hydrogen-bond acceptors (Lipinski definition) is 11. The van der Waals surface area contributed by atoms with Crippen molar-refractivity contribution < 1.29 is 52.4 Å². The van der Waals surface area contributed by atoms with Crippen LogP contribution >= 0.6 is 0 Å². The molecular formula is C41H32O11. The van der Waals surface area contributed by atoms with E-state index in [0.717, 1.165) is 0 Å². The Morgan fingerprint density at radius 3 is 1.29 bits per heavy atom. The number of carbonyl (C=O) groups excluding carboxylic acids is 5. The summed E-state index contributed by atoms with van der Waals surface area (Å²) in [5, 5.41) is 0. The maximum absolute atomic E-state index is 13.8. The molecule has 1 fully saturated rings. The predicted octanol–water partition coefficient (Wildman–Crippen LogP) is 6.10. The van der Waals surface area contributed by atoms with Gasteiger partial charge in [-0.25, -0.2) is 24.0 Å². The molecule has 262 valence electrons. The Balaban J connectivity index is 1.44. The molecule has 52 heavy (non-hydrogen) atoms. The molecule has 0 bridgehead atoms. The van der Waals surface area contributed by atoms with E-state index in [4.69, 9.17) is 28.4 Å². The fraction of sp³-hybridized carbons (Fsp3) is 0.146. The molecular weight excluding hydrogens is 668 g/mol. The summed E-state index contributed by atoms with van der Waals surface area (Å²) in [7, 11) is 0. The van der Waals surface area contributed by atoms with E-state index in [1.54, 1.807) is 91.0 Å². The molecule has 1 aliphatic heterocycles. The Labute approximate surface area is 298 Å². The van der Waals surface area contributed by atoms with Gasteiger partial charge in [0.15, 0.2) is 18.8 Å². The van der Waals surface area contributed by atoms with Crippen LogP contribution in [0.3, 0.4) is 0 Å². The molecule has 0 unspecified atom stereocenters. The standard InChI is InChI=1S/C41H32O11/c42-36(28-16-6-1-7-17-28)47-27-41(52-40(46)32-24-14-5-15-25-32)35(51-39(45)31-22-12-4-13-23-31)34(50-38(44)30-20-10-3-11-21-30)33(26-48-41)49-37(43)29-18-8-2-9-19-29/h1-25,33-35H,26-27H2/t33-,34-,35+,41-/m1/s1. The molecule has 5 aromatic rings. The molecule has 0 spiro atoms. The van der Waals surface area contributed by atoms with Gasteiger partial charge in [-0.3, -0.25) is 0 Å². The molecule has 4 atom stereocenters. The van der Waals surface area contributed by atoms with Gasteiger partial charge in [0.1, 0.15) is 0 Å². The average Bonchev–Trinajstić information content (AvgIpc) is 3.20. The van der Waals surface area contributed by atoms with Gasteiger partial charge < -0.3 is 28.4 Å². The fourth-order valence-corrected chi connectivity index (χ4v) is 5.40. The lowest BCUT2D eigenvalue weighted by Crippen LogP contribution is -2.67. The van der Waals surface area contributed by atoms with Crippen LogP contribution in [0.15, 0.2) is 152 Å². The smallest absolute Gasteiger partial charge is 0.340 e. The number of hydrogen-bond donors (Lipinski definition) is 0. The highest BCUT2D eigenvalue weighted by Crippen LogP contribution is 2.36. The van der Waals surface area contributed by atoms with Crippen LogP contribution in [-0.2, 0) is 28.4 Å². The zero-order valence-electron chi connectivity index (χ0n) is 27.6. The zero-order chi connectivity index (χ0) is 36.3. The molecule has 1 heterocycles. The number of esters is 5. The molecule has 0 radical (unpaired) electrons. The molecule has 6 rings (SSSR count). The summed E-state index contributed by atoms with van der Waals surface area (Å²) < 4.78 is 35.8. The van der Waals surface area contributed by atoms with Crippen molar-refractivity contribution in [3.8, 4) is 0 Å². The lowest BCUT2D eigenvalue weighted by molar-refractivity contribution is -0.325. The first kappa shape index (κ1) is 35.2. The quantitative estimate of drug-likeness (QED) is 0.117. The third-order valence-corrected chi connectivity index (χ3v) is 8.04. The van der Waals surface area contributed by atoms with Crippen LogP contribution in [-0.4, -0.2) is 67.2 Å². The molecule has 0 aliphatic carbocycles. The highest BCUT2D eigenvalue weighted by Gasteiger charge is 2.60. The van der Waals surface area contributed by atoms with Gasteiger partial charge in [0.25, 0.3) is 5.79 Å². The number of ether oxygens (including phenoxy) is 6. The topological polar surface area (TPSA) is 141 Å². The van der Waals surface area contributed by atoms with Crippen LogP contribution in [0, 0.1) is 0 Å². The van der Waals surface area contributed by atoms with Crippen molar-refractivity contribution in [3.63, 3.8) is 0 Å². The molecule has 5 aromatic carbocycles. The first-order valence-corrected chi connectivity index (χ1v) is 16.3. The summed E-state index contributed by atoms with van der Waals surface area (Å²) in [6.07, 6.45) is -4.95. The molecule has 1 aliphatic rings. The van der Waals surface area contributed by atoms with Crippen LogP contribution in [0.4, 0.5) is 0 Å². The van der Waals surface area contributed by atoms with Gasteiger partial charge in [0.2, 0.25) is 6.10 Å². The third kappa shape index (κ3) is 8.40. The zero-order valence-corrected chi connectivity index (χ0v) is 27.6. The third-order valence-electron chi connectivity index (χ3n) is 8.04. The van der Waals surface area contributed by atoms with Gasteiger partial charge in [0.05, 0.1) is 34.4 Å². The van der Waals surface area contributed by atoms with Gasteiger partial charge >= 0.3 is 29.8 Å². The van der Waals surface area contributed by atoms with Crippen molar-refractivity contribution in [2.75, 3.05) is 13.2 Å². The van der Waals surface area contributed by atoms with Crippen molar-refractivity contribution in [1.82, 2.24) is 0 Å². The number of rotatable bonds is 11. The van der Waals surface area contributed by atoms with E-state index in [1.165, 1.54) is 60.7 Å². The van der Waals surface area contributed by atoms with E-state index >= 15 is 0 Å². The van der Waals surface area contributed by atoms with E-state index in [2.05, 4.69) is 0 Å². The summed E-state index contributed by atoms with van der Waals surface area (Å²) >= 11 is 0. The number of carbonyl (C=O) groups is 5. The van der Waals surface area contributed by atoms with Crippen molar-refractivity contribution in [2.45, 2.75) is 24.1 Å². The first-order valence-electron chi connectivity index (χ1n) is 16.3. The van der Waals surface area contributed by atoms with Crippen LogP contribution in [0.5, 0.6) is 0 Å². The molecule has 11 heteroatoms. The monoisotopic (exact) mass is 700 g/mol. The first-order chi connectivity index (χ1) is 25.3. The van der Waals surface area contributed by atoms with Gasteiger partial charge in [-0.2, -0.15) is 0 Å². The van der Waals surface area contributed by atoms with E-state index < -0.39 is 67.2 Å². The molecule has 0 amide bonds. The second-order valence-corrected chi connectivity index (χ2v) is 11.6. The molecule has 0 saturated carbocycles. The second kappa shape index (κ2) is 16.4. The average molecular weight is 701 g/mol. The largest absolute Gasteiger partial charge is 0.455 e. The van der Waals surface area contributed by atoms with Crippen LogP contribution in [0.25, 0.3) is 0 Å². The summed E-state index contributed by atoms with van der Waals surface area (Å²) in [6.45, 7) is -1.37. The molecule has 0 aromatic heterocycles. The summed E-state index contributed by atoms with van der Waals surface area (Å²) in [5.41, 5.74) is 0.643. The van der Waals surface area contributed by atoms with Crippen molar-refractivity contribution in [2.24, 2.45) is 0 Å². The van der Waals surface area contributed by atoms with Gasteiger partial charge in [-0.05, 0) is 60.7 Å². The normalized spacial score (nSPS) is 19.3. The maximum atomic E-state index is 13.8. The van der Waals surface area contributed by atoms with Gasteiger partial charge in [0, 0.05) is 0 Å². The highest BCUT2D eigenvalue weighted by atomic mass is 16.8. The van der Waals surface area contributed by atoms with Gasteiger partial charge in [-0.1, -0.05) is 91.0 Å². The van der Waals surface area contributed by atoms with E-state index in [0.29, 0.717) is 0 Å². The molecule has 0 N–H and O–H groups in total. The lowest BCUT2D eigenvalue weighted by atomic mass is 9.95. The van der Waals surface area contributed by atoms with E-state index in [9.17, 15) is 24.0 Å².